The monoisotopic (exact) mass is 242 g/mol. The molecule has 2 rings (SSSR count). The fourth-order valence-electron chi connectivity index (χ4n) is 2.60. The highest BCUT2D eigenvalue weighted by Crippen LogP contribution is 2.15. The van der Waals surface area contributed by atoms with Gasteiger partial charge in [0.2, 0.25) is 5.91 Å². The van der Waals surface area contributed by atoms with Gasteiger partial charge in [-0.3, -0.25) is 4.79 Å². The number of carbonyl (C=O) groups is 1. The van der Waals surface area contributed by atoms with E-state index in [1.165, 1.54) is 12.8 Å². The maximum Gasteiger partial charge on any atom is 0.222 e. The van der Waals surface area contributed by atoms with E-state index in [1.54, 1.807) is 4.90 Å². The predicted molar refractivity (Wildman–Crippen MR) is 63.5 cm³/mol. The van der Waals surface area contributed by atoms with Gasteiger partial charge in [0.1, 0.15) is 0 Å². The summed E-state index contributed by atoms with van der Waals surface area (Å²) in [4.78, 5) is 13.4. The Morgan fingerprint density at radius 3 is 2.53 bits per heavy atom. The number of hydrogen-bond donors (Lipinski definition) is 3. The summed E-state index contributed by atoms with van der Waals surface area (Å²) in [5, 5.41) is 22.2. The van der Waals surface area contributed by atoms with Crippen LogP contribution in [0.2, 0.25) is 0 Å². The lowest BCUT2D eigenvalue weighted by Gasteiger charge is -2.24. The smallest absolute Gasteiger partial charge is 0.222 e. The predicted octanol–water partition coefficient (Wildman–Crippen LogP) is -0.527. The summed E-state index contributed by atoms with van der Waals surface area (Å²) in [7, 11) is 0. The van der Waals surface area contributed by atoms with Crippen molar-refractivity contribution in [3.63, 3.8) is 0 Å². The Hall–Kier alpha value is -0.650. The molecule has 2 aliphatic heterocycles. The standard InChI is InChI=1S/C12H22N2O3/c15-10-7-14(8-11(10)16)12(17)5-4-9-3-1-2-6-13-9/h9-11,13,15-16H,1-8H2. The molecule has 2 aliphatic rings. The second-order valence-electron chi connectivity index (χ2n) is 5.12. The summed E-state index contributed by atoms with van der Waals surface area (Å²) in [5.74, 6) is 0.0490. The maximum absolute atomic E-state index is 11.9. The third kappa shape index (κ3) is 3.40. The van der Waals surface area contributed by atoms with Gasteiger partial charge in [0, 0.05) is 25.6 Å². The molecule has 0 aromatic rings. The molecule has 0 aromatic heterocycles. The average molecular weight is 242 g/mol. The summed E-state index contributed by atoms with van der Waals surface area (Å²) in [6.07, 6.45) is 3.46. The van der Waals surface area contributed by atoms with Gasteiger partial charge in [-0.2, -0.15) is 0 Å². The van der Waals surface area contributed by atoms with E-state index >= 15 is 0 Å². The number of nitrogens with one attached hydrogen (secondary N) is 1. The van der Waals surface area contributed by atoms with Crippen molar-refractivity contribution in [3.8, 4) is 0 Å². The van der Waals surface area contributed by atoms with Crippen LogP contribution in [0.3, 0.4) is 0 Å². The zero-order valence-electron chi connectivity index (χ0n) is 10.1. The Labute approximate surface area is 102 Å². The van der Waals surface area contributed by atoms with Gasteiger partial charge in [-0.25, -0.2) is 0 Å². The van der Waals surface area contributed by atoms with Crippen LogP contribution in [-0.4, -0.2) is 58.9 Å². The zero-order chi connectivity index (χ0) is 12.3. The second kappa shape index (κ2) is 5.80. The van der Waals surface area contributed by atoms with Crippen molar-refractivity contribution >= 4 is 5.91 Å². The van der Waals surface area contributed by atoms with Crippen molar-refractivity contribution in [2.75, 3.05) is 19.6 Å². The molecule has 0 spiro atoms. The van der Waals surface area contributed by atoms with Gasteiger partial charge >= 0.3 is 0 Å². The van der Waals surface area contributed by atoms with Gasteiger partial charge in [-0.05, 0) is 25.8 Å². The normalized spacial score (nSPS) is 34.0. The number of amides is 1. The average Bonchev–Trinajstić information content (AvgIpc) is 2.68. The molecule has 0 radical (unpaired) electrons. The van der Waals surface area contributed by atoms with Crippen LogP contribution in [0.15, 0.2) is 0 Å². The van der Waals surface area contributed by atoms with Crippen LogP contribution in [0.25, 0.3) is 0 Å². The van der Waals surface area contributed by atoms with Crippen LogP contribution in [-0.2, 0) is 4.79 Å². The molecular weight excluding hydrogens is 220 g/mol. The van der Waals surface area contributed by atoms with Crippen molar-refractivity contribution in [3.05, 3.63) is 0 Å². The van der Waals surface area contributed by atoms with E-state index in [0.29, 0.717) is 12.5 Å². The van der Waals surface area contributed by atoms with Gasteiger partial charge < -0.3 is 20.4 Å². The second-order valence-corrected chi connectivity index (χ2v) is 5.12. The minimum Gasteiger partial charge on any atom is -0.388 e. The summed E-state index contributed by atoms with van der Waals surface area (Å²) in [6.45, 7) is 1.61. The molecule has 17 heavy (non-hydrogen) atoms. The zero-order valence-corrected chi connectivity index (χ0v) is 10.1. The minimum absolute atomic E-state index is 0.0490. The molecule has 5 nitrogen and oxygen atoms in total. The van der Waals surface area contributed by atoms with Crippen molar-refractivity contribution in [2.45, 2.75) is 50.4 Å². The van der Waals surface area contributed by atoms with Gasteiger partial charge in [0.05, 0.1) is 12.2 Å². The first kappa shape index (κ1) is 12.8. The van der Waals surface area contributed by atoms with Crippen molar-refractivity contribution in [1.29, 1.82) is 0 Å². The SMILES string of the molecule is O=C(CCC1CCCCN1)N1CC(O)C(O)C1. The highest BCUT2D eigenvalue weighted by molar-refractivity contribution is 5.76. The van der Waals surface area contributed by atoms with Crippen LogP contribution in [0.5, 0.6) is 0 Å². The lowest BCUT2D eigenvalue weighted by atomic mass is 10.0. The Balaban J connectivity index is 1.70. The molecular formula is C12H22N2O3. The Morgan fingerprint density at radius 2 is 1.94 bits per heavy atom. The molecule has 0 aliphatic carbocycles. The van der Waals surface area contributed by atoms with Crippen LogP contribution < -0.4 is 5.32 Å². The Kier molecular flexibility index (Phi) is 4.36. The molecule has 2 fully saturated rings. The molecule has 3 unspecified atom stereocenters. The lowest BCUT2D eigenvalue weighted by Crippen LogP contribution is -2.36. The fraction of sp³-hybridized carbons (Fsp3) is 0.917. The molecule has 0 aromatic carbocycles. The molecule has 98 valence electrons. The first-order chi connectivity index (χ1) is 8.16. The molecule has 1 amide bonds. The third-order valence-electron chi connectivity index (χ3n) is 3.73. The highest BCUT2D eigenvalue weighted by Gasteiger charge is 2.32. The van der Waals surface area contributed by atoms with Crippen molar-refractivity contribution in [2.24, 2.45) is 0 Å². The quantitative estimate of drug-likeness (QED) is 0.622. The number of nitrogens with zero attached hydrogens (tertiary/aromatic N) is 1. The summed E-state index contributed by atoms with van der Waals surface area (Å²) < 4.78 is 0. The van der Waals surface area contributed by atoms with Gasteiger partial charge in [-0.15, -0.1) is 0 Å². The van der Waals surface area contributed by atoms with Gasteiger partial charge in [0.15, 0.2) is 0 Å². The fourth-order valence-corrected chi connectivity index (χ4v) is 2.60. The van der Waals surface area contributed by atoms with Crippen LogP contribution in [0.1, 0.15) is 32.1 Å². The number of piperidine rings is 1. The number of carbonyl (C=O) groups excluding carboxylic acids is 1. The largest absolute Gasteiger partial charge is 0.388 e. The van der Waals surface area contributed by atoms with Crippen LogP contribution in [0.4, 0.5) is 0 Å². The van der Waals surface area contributed by atoms with E-state index in [0.717, 1.165) is 19.4 Å². The summed E-state index contributed by atoms with van der Waals surface area (Å²) in [6, 6.07) is 0.463. The number of aliphatic hydroxyl groups excluding tert-OH is 2. The first-order valence-electron chi connectivity index (χ1n) is 6.54. The molecule has 0 saturated carbocycles. The van der Waals surface area contributed by atoms with E-state index in [-0.39, 0.29) is 19.0 Å². The molecule has 3 N–H and O–H groups in total. The summed E-state index contributed by atoms with van der Waals surface area (Å²) >= 11 is 0. The number of aliphatic hydroxyl groups is 2. The highest BCUT2D eigenvalue weighted by atomic mass is 16.3. The molecule has 5 heteroatoms. The van der Waals surface area contributed by atoms with Gasteiger partial charge in [-0.1, -0.05) is 6.42 Å². The Morgan fingerprint density at radius 1 is 1.24 bits per heavy atom. The van der Waals surface area contributed by atoms with Crippen LogP contribution in [0, 0.1) is 0 Å². The van der Waals surface area contributed by atoms with Crippen LogP contribution >= 0.6 is 0 Å². The van der Waals surface area contributed by atoms with E-state index < -0.39 is 12.2 Å². The Bertz CT molecular complexity index is 256. The van der Waals surface area contributed by atoms with Crippen molar-refractivity contribution < 1.29 is 15.0 Å². The molecule has 2 heterocycles. The lowest BCUT2D eigenvalue weighted by molar-refractivity contribution is -0.130. The topological polar surface area (TPSA) is 72.8 Å². The third-order valence-corrected chi connectivity index (χ3v) is 3.73. The molecule has 3 atom stereocenters. The number of hydrogen-bond acceptors (Lipinski definition) is 4. The number of β-amino-alcohol motifs (C(OH)–C–C–N with tert-alkyl or cyclic N) is 2. The van der Waals surface area contributed by atoms with E-state index in [1.807, 2.05) is 0 Å². The van der Waals surface area contributed by atoms with Crippen molar-refractivity contribution in [1.82, 2.24) is 10.2 Å². The first-order valence-corrected chi connectivity index (χ1v) is 6.54. The summed E-state index contributed by atoms with van der Waals surface area (Å²) in [5.41, 5.74) is 0. The molecule has 2 saturated heterocycles. The molecule has 0 bridgehead atoms. The van der Waals surface area contributed by atoms with E-state index in [2.05, 4.69) is 5.32 Å². The van der Waals surface area contributed by atoms with E-state index in [9.17, 15) is 15.0 Å². The van der Waals surface area contributed by atoms with Gasteiger partial charge in [0.25, 0.3) is 0 Å². The maximum atomic E-state index is 11.9. The van der Waals surface area contributed by atoms with E-state index in [4.69, 9.17) is 0 Å². The number of rotatable bonds is 3. The number of likely N-dealkylation sites (tertiary alicyclic amines) is 1. The minimum atomic E-state index is -0.772.